The largest absolute Gasteiger partial charge is 0.481 e. The molecule has 2 amide bonds. The fourth-order valence-electron chi connectivity index (χ4n) is 2.78. The van der Waals surface area contributed by atoms with Crippen LogP contribution >= 0.6 is 0 Å². The summed E-state index contributed by atoms with van der Waals surface area (Å²) >= 11 is 0. The molecule has 0 heterocycles. The predicted molar refractivity (Wildman–Crippen MR) is 82.4 cm³/mol. The van der Waals surface area contributed by atoms with Gasteiger partial charge in [0.15, 0.2) is 0 Å². The van der Waals surface area contributed by atoms with E-state index in [0.717, 1.165) is 6.54 Å². The minimum absolute atomic E-state index is 0.00286. The minimum atomic E-state index is -0.880. The normalized spacial score (nSPS) is 15.7. The molecule has 0 spiro atoms. The van der Waals surface area contributed by atoms with Crippen LogP contribution in [-0.2, 0) is 4.79 Å². The number of nitrogens with zero attached hydrogens (tertiary/aromatic N) is 2. The summed E-state index contributed by atoms with van der Waals surface area (Å²) < 4.78 is 0. The number of amides is 2. The zero-order valence-electron chi connectivity index (χ0n) is 13.5. The standard InChI is InChI=1S/C15H29N3O3/c1-12(2)18(10-8-14(19)20)15(21)16-9-11-17(3)13-6-4-5-7-13/h12-13H,4-11H2,1-3H3,(H,16,21)(H,19,20). The predicted octanol–water partition coefficient (Wildman–Crippen LogP) is 1.76. The van der Waals surface area contributed by atoms with E-state index in [4.69, 9.17) is 5.11 Å². The Morgan fingerprint density at radius 2 is 1.86 bits per heavy atom. The summed E-state index contributed by atoms with van der Waals surface area (Å²) in [5.41, 5.74) is 0. The van der Waals surface area contributed by atoms with Crippen LogP contribution in [0.3, 0.4) is 0 Å². The molecule has 21 heavy (non-hydrogen) atoms. The molecule has 1 rings (SSSR count). The molecule has 6 nitrogen and oxygen atoms in total. The Hall–Kier alpha value is -1.30. The average molecular weight is 299 g/mol. The van der Waals surface area contributed by atoms with Crippen molar-refractivity contribution in [1.29, 1.82) is 0 Å². The first-order chi connectivity index (χ1) is 9.91. The van der Waals surface area contributed by atoms with Crippen molar-refractivity contribution in [1.82, 2.24) is 15.1 Å². The third-order valence-electron chi connectivity index (χ3n) is 4.14. The minimum Gasteiger partial charge on any atom is -0.481 e. The number of hydrogen-bond acceptors (Lipinski definition) is 3. The van der Waals surface area contributed by atoms with Gasteiger partial charge >= 0.3 is 12.0 Å². The number of carboxylic acids is 1. The number of carbonyl (C=O) groups excluding carboxylic acids is 1. The van der Waals surface area contributed by atoms with Crippen LogP contribution in [0.4, 0.5) is 4.79 Å². The fourth-order valence-corrected chi connectivity index (χ4v) is 2.78. The van der Waals surface area contributed by atoms with Gasteiger partial charge in [-0.05, 0) is 33.7 Å². The highest BCUT2D eigenvalue weighted by Crippen LogP contribution is 2.21. The van der Waals surface area contributed by atoms with Crippen molar-refractivity contribution in [2.24, 2.45) is 0 Å². The van der Waals surface area contributed by atoms with Crippen LogP contribution in [0.15, 0.2) is 0 Å². The van der Waals surface area contributed by atoms with E-state index in [0.29, 0.717) is 12.6 Å². The van der Waals surface area contributed by atoms with Crippen LogP contribution < -0.4 is 5.32 Å². The van der Waals surface area contributed by atoms with Gasteiger partial charge in [0.2, 0.25) is 0 Å². The van der Waals surface area contributed by atoms with Gasteiger partial charge in [-0.2, -0.15) is 0 Å². The molecule has 6 heteroatoms. The number of nitrogens with one attached hydrogen (secondary N) is 1. The molecule has 0 aliphatic heterocycles. The van der Waals surface area contributed by atoms with Crippen LogP contribution in [-0.4, -0.2) is 65.7 Å². The van der Waals surface area contributed by atoms with Crippen molar-refractivity contribution in [2.45, 2.75) is 58.0 Å². The van der Waals surface area contributed by atoms with Gasteiger partial charge in [0.1, 0.15) is 0 Å². The fraction of sp³-hybridized carbons (Fsp3) is 0.867. The molecule has 0 aromatic rings. The summed E-state index contributed by atoms with van der Waals surface area (Å²) in [6.45, 7) is 5.47. The Bertz CT molecular complexity index is 341. The van der Waals surface area contributed by atoms with Gasteiger partial charge in [0.25, 0.3) is 0 Å². The molecule has 1 aliphatic carbocycles. The lowest BCUT2D eigenvalue weighted by molar-refractivity contribution is -0.137. The maximum atomic E-state index is 12.1. The molecule has 0 aromatic carbocycles. The number of hydrogen-bond donors (Lipinski definition) is 2. The summed E-state index contributed by atoms with van der Waals surface area (Å²) in [4.78, 5) is 26.6. The highest BCUT2D eigenvalue weighted by Gasteiger charge is 2.20. The molecule has 0 aromatic heterocycles. The van der Waals surface area contributed by atoms with Gasteiger partial charge in [-0.3, -0.25) is 4.79 Å². The van der Waals surface area contributed by atoms with E-state index in [2.05, 4.69) is 17.3 Å². The maximum Gasteiger partial charge on any atom is 0.317 e. The highest BCUT2D eigenvalue weighted by molar-refractivity contribution is 5.75. The van der Waals surface area contributed by atoms with Gasteiger partial charge in [-0.25, -0.2) is 4.79 Å². The number of rotatable bonds is 8. The number of carboxylic acid groups (broad SMARTS) is 1. The van der Waals surface area contributed by atoms with E-state index in [9.17, 15) is 9.59 Å². The van der Waals surface area contributed by atoms with Gasteiger partial charge < -0.3 is 20.2 Å². The molecular formula is C15H29N3O3. The van der Waals surface area contributed by atoms with E-state index in [1.54, 1.807) is 4.90 Å². The molecule has 0 bridgehead atoms. The molecular weight excluding hydrogens is 270 g/mol. The van der Waals surface area contributed by atoms with Crippen molar-refractivity contribution in [3.63, 3.8) is 0 Å². The summed E-state index contributed by atoms with van der Waals surface area (Å²) in [6.07, 6.45) is 5.09. The molecule has 1 aliphatic rings. The molecule has 1 saturated carbocycles. The molecule has 122 valence electrons. The number of urea groups is 1. The topological polar surface area (TPSA) is 72.9 Å². The number of aliphatic carboxylic acids is 1. The third kappa shape index (κ3) is 6.33. The molecule has 0 radical (unpaired) electrons. The van der Waals surface area contributed by atoms with Crippen LogP contribution in [0.5, 0.6) is 0 Å². The maximum absolute atomic E-state index is 12.1. The molecule has 2 N–H and O–H groups in total. The SMILES string of the molecule is CC(C)N(CCC(=O)O)C(=O)NCCN(C)C1CCCC1. The first-order valence-corrected chi connectivity index (χ1v) is 7.88. The lowest BCUT2D eigenvalue weighted by Gasteiger charge is -2.28. The summed E-state index contributed by atoms with van der Waals surface area (Å²) in [5.74, 6) is -0.880. The molecule has 0 unspecified atom stereocenters. The molecule has 1 fully saturated rings. The van der Waals surface area contributed by atoms with E-state index < -0.39 is 5.97 Å². The van der Waals surface area contributed by atoms with E-state index in [-0.39, 0.29) is 25.0 Å². The zero-order chi connectivity index (χ0) is 15.8. The van der Waals surface area contributed by atoms with Crippen molar-refractivity contribution in [2.75, 3.05) is 26.7 Å². The van der Waals surface area contributed by atoms with Crippen LogP contribution in [0, 0.1) is 0 Å². The zero-order valence-corrected chi connectivity index (χ0v) is 13.5. The Kier molecular flexibility index (Phi) is 7.50. The Balaban J connectivity index is 2.30. The van der Waals surface area contributed by atoms with Crippen molar-refractivity contribution < 1.29 is 14.7 Å². The second kappa shape index (κ2) is 8.87. The first kappa shape index (κ1) is 17.8. The Labute approximate surface area is 127 Å². The van der Waals surface area contributed by atoms with Crippen LogP contribution in [0.25, 0.3) is 0 Å². The van der Waals surface area contributed by atoms with Gasteiger partial charge in [0, 0.05) is 31.7 Å². The quantitative estimate of drug-likeness (QED) is 0.716. The summed E-state index contributed by atoms with van der Waals surface area (Å²) in [6, 6.07) is 0.470. The van der Waals surface area contributed by atoms with E-state index >= 15 is 0 Å². The van der Waals surface area contributed by atoms with Crippen LogP contribution in [0.1, 0.15) is 46.0 Å². The monoisotopic (exact) mass is 299 g/mol. The number of likely N-dealkylation sites (N-methyl/N-ethyl adjacent to an activating group) is 1. The first-order valence-electron chi connectivity index (χ1n) is 7.88. The molecule has 0 atom stereocenters. The van der Waals surface area contributed by atoms with E-state index in [1.807, 2.05) is 13.8 Å². The Morgan fingerprint density at radius 3 is 2.38 bits per heavy atom. The third-order valence-corrected chi connectivity index (χ3v) is 4.14. The lowest BCUT2D eigenvalue weighted by atomic mass is 10.2. The average Bonchev–Trinajstić information content (AvgIpc) is 2.91. The highest BCUT2D eigenvalue weighted by atomic mass is 16.4. The van der Waals surface area contributed by atoms with Gasteiger partial charge in [-0.15, -0.1) is 0 Å². The lowest BCUT2D eigenvalue weighted by Crippen LogP contribution is -2.47. The van der Waals surface area contributed by atoms with Gasteiger partial charge in [-0.1, -0.05) is 12.8 Å². The molecule has 0 saturated heterocycles. The summed E-state index contributed by atoms with van der Waals surface area (Å²) in [5, 5.41) is 11.6. The van der Waals surface area contributed by atoms with Crippen LogP contribution in [0.2, 0.25) is 0 Å². The van der Waals surface area contributed by atoms with Crippen molar-refractivity contribution in [3.8, 4) is 0 Å². The number of carbonyl (C=O) groups is 2. The second-order valence-corrected chi connectivity index (χ2v) is 6.08. The smallest absolute Gasteiger partial charge is 0.317 e. The van der Waals surface area contributed by atoms with Gasteiger partial charge in [0.05, 0.1) is 6.42 Å². The second-order valence-electron chi connectivity index (χ2n) is 6.08. The Morgan fingerprint density at radius 1 is 1.24 bits per heavy atom. The van der Waals surface area contributed by atoms with Crippen molar-refractivity contribution in [3.05, 3.63) is 0 Å². The van der Waals surface area contributed by atoms with Crippen molar-refractivity contribution >= 4 is 12.0 Å². The van der Waals surface area contributed by atoms with E-state index in [1.165, 1.54) is 25.7 Å². The summed E-state index contributed by atoms with van der Waals surface area (Å²) in [7, 11) is 2.10.